The summed E-state index contributed by atoms with van der Waals surface area (Å²) in [6, 6.07) is 11.3. The summed E-state index contributed by atoms with van der Waals surface area (Å²) in [5.41, 5.74) is 2.03. The van der Waals surface area contributed by atoms with Gasteiger partial charge in [0.2, 0.25) is 11.8 Å². The molecule has 2 aromatic carbocycles. The number of methoxy groups -OCH3 is 2. The van der Waals surface area contributed by atoms with Gasteiger partial charge in [0.25, 0.3) is 5.91 Å². The van der Waals surface area contributed by atoms with Gasteiger partial charge in [0, 0.05) is 30.4 Å². The molecule has 1 saturated heterocycles. The standard InChI is InChI=1S/C22H25N3O5/c1-14-4-6-16(7-5-14)24-20(26)13-19-21(27)23-8-9-25(19)22(28)15-10-17(29-2)12-18(11-15)30-3/h4-7,10-12,19H,8-9,13H2,1-3H3,(H,23,27)(H,24,26). The number of benzene rings is 2. The normalized spacial score (nSPS) is 15.9. The maximum Gasteiger partial charge on any atom is 0.254 e. The van der Waals surface area contributed by atoms with Gasteiger partial charge in [0.1, 0.15) is 17.5 Å². The molecule has 0 spiro atoms. The molecule has 2 aromatic rings. The molecule has 3 amide bonds. The number of hydrogen-bond acceptors (Lipinski definition) is 5. The van der Waals surface area contributed by atoms with Crippen LogP contribution < -0.4 is 20.1 Å². The molecule has 1 heterocycles. The molecule has 1 fully saturated rings. The number of carbonyl (C=O) groups is 3. The summed E-state index contributed by atoms with van der Waals surface area (Å²) in [6.45, 7) is 2.57. The van der Waals surface area contributed by atoms with Crippen molar-refractivity contribution in [2.75, 3.05) is 32.6 Å². The molecule has 2 N–H and O–H groups in total. The zero-order chi connectivity index (χ0) is 21.7. The summed E-state index contributed by atoms with van der Waals surface area (Å²) >= 11 is 0. The molecule has 3 rings (SSSR count). The predicted octanol–water partition coefficient (Wildman–Crippen LogP) is 1.98. The highest BCUT2D eigenvalue weighted by Gasteiger charge is 2.35. The molecule has 1 aliphatic rings. The van der Waals surface area contributed by atoms with Gasteiger partial charge in [-0.1, -0.05) is 17.7 Å². The van der Waals surface area contributed by atoms with Crippen molar-refractivity contribution in [3.8, 4) is 11.5 Å². The van der Waals surface area contributed by atoms with Gasteiger partial charge in [-0.3, -0.25) is 14.4 Å². The second-order valence-corrected chi connectivity index (χ2v) is 7.03. The summed E-state index contributed by atoms with van der Waals surface area (Å²) < 4.78 is 10.5. The van der Waals surface area contributed by atoms with Crippen molar-refractivity contribution in [3.05, 3.63) is 53.6 Å². The van der Waals surface area contributed by atoms with Crippen LogP contribution in [0.1, 0.15) is 22.3 Å². The number of carbonyl (C=O) groups excluding carboxylic acids is 3. The Labute approximate surface area is 175 Å². The lowest BCUT2D eigenvalue weighted by atomic mass is 10.1. The second-order valence-electron chi connectivity index (χ2n) is 7.03. The zero-order valence-corrected chi connectivity index (χ0v) is 17.2. The van der Waals surface area contributed by atoms with Crippen LogP contribution in [0.5, 0.6) is 11.5 Å². The first-order chi connectivity index (χ1) is 14.4. The van der Waals surface area contributed by atoms with E-state index >= 15 is 0 Å². The number of anilines is 1. The van der Waals surface area contributed by atoms with Crippen molar-refractivity contribution < 1.29 is 23.9 Å². The number of nitrogens with one attached hydrogen (secondary N) is 2. The molecule has 30 heavy (non-hydrogen) atoms. The van der Waals surface area contributed by atoms with E-state index in [-0.39, 0.29) is 24.1 Å². The fourth-order valence-corrected chi connectivity index (χ4v) is 3.28. The lowest BCUT2D eigenvalue weighted by Crippen LogP contribution is -2.58. The first-order valence-corrected chi connectivity index (χ1v) is 9.59. The van der Waals surface area contributed by atoms with Gasteiger partial charge in [-0.2, -0.15) is 0 Å². The van der Waals surface area contributed by atoms with E-state index in [0.29, 0.717) is 35.8 Å². The van der Waals surface area contributed by atoms with Crippen molar-refractivity contribution in [3.63, 3.8) is 0 Å². The Kier molecular flexibility index (Phi) is 6.56. The summed E-state index contributed by atoms with van der Waals surface area (Å²) in [5.74, 6) is -0.138. The number of piperazine rings is 1. The third kappa shape index (κ3) is 4.89. The lowest BCUT2D eigenvalue weighted by molar-refractivity contribution is -0.131. The Morgan fingerprint density at radius 1 is 1.10 bits per heavy atom. The van der Waals surface area contributed by atoms with E-state index in [1.54, 1.807) is 30.3 Å². The van der Waals surface area contributed by atoms with E-state index in [2.05, 4.69) is 10.6 Å². The maximum absolute atomic E-state index is 13.2. The monoisotopic (exact) mass is 411 g/mol. The molecule has 158 valence electrons. The van der Waals surface area contributed by atoms with Crippen LogP contribution in [0.25, 0.3) is 0 Å². The van der Waals surface area contributed by atoms with Crippen LogP contribution in [0.15, 0.2) is 42.5 Å². The number of rotatable bonds is 6. The highest BCUT2D eigenvalue weighted by molar-refractivity contribution is 6.01. The van der Waals surface area contributed by atoms with Gasteiger partial charge in [-0.15, -0.1) is 0 Å². The van der Waals surface area contributed by atoms with Gasteiger partial charge < -0.3 is 25.0 Å². The van der Waals surface area contributed by atoms with Gasteiger partial charge in [-0.05, 0) is 31.2 Å². The Bertz CT molecular complexity index is 920. The number of hydrogen-bond donors (Lipinski definition) is 2. The van der Waals surface area contributed by atoms with Crippen LogP contribution in [0.2, 0.25) is 0 Å². The average Bonchev–Trinajstić information content (AvgIpc) is 2.75. The first kappa shape index (κ1) is 21.2. The fourth-order valence-electron chi connectivity index (χ4n) is 3.28. The molecule has 8 nitrogen and oxygen atoms in total. The van der Waals surface area contributed by atoms with Crippen LogP contribution in [-0.2, 0) is 9.59 Å². The van der Waals surface area contributed by atoms with E-state index in [1.807, 2.05) is 19.1 Å². The van der Waals surface area contributed by atoms with Crippen LogP contribution in [0, 0.1) is 6.92 Å². The largest absolute Gasteiger partial charge is 0.497 e. The molecule has 0 saturated carbocycles. The van der Waals surface area contributed by atoms with Crippen LogP contribution in [-0.4, -0.2) is 56.0 Å². The Hall–Kier alpha value is -3.55. The number of amides is 3. The molecule has 1 aliphatic heterocycles. The Morgan fingerprint density at radius 3 is 2.33 bits per heavy atom. The van der Waals surface area contributed by atoms with Gasteiger partial charge in [-0.25, -0.2) is 0 Å². The molecule has 8 heteroatoms. The fraction of sp³-hybridized carbons (Fsp3) is 0.318. The number of ether oxygens (including phenoxy) is 2. The zero-order valence-electron chi connectivity index (χ0n) is 17.2. The van der Waals surface area contributed by atoms with E-state index < -0.39 is 6.04 Å². The third-order valence-corrected chi connectivity index (χ3v) is 4.90. The third-order valence-electron chi connectivity index (χ3n) is 4.90. The molecule has 1 atom stereocenters. The summed E-state index contributed by atoms with van der Waals surface area (Å²) in [6.07, 6.45) is -0.146. The SMILES string of the molecule is COc1cc(OC)cc(C(=O)N2CCNC(=O)C2CC(=O)Nc2ccc(C)cc2)c1. The molecule has 0 aliphatic carbocycles. The Balaban J connectivity index is 1.78. The van der Waals surface area contributed by atoms with E-state index in [1.165, 1.54) is 19.1 Å². The lowest BCUT2D eigenvalue weighted by Gasteiger charge is -2.35. The summed E-state index contributed by atoms with van der Waals surface area (Å²) in [5, 5.41) is 5.50. The van der Waals surface area contributed by atoms with Crippen LogP contribution in [0.4, 0.5) is 5.69 Å². The van der Waals surface area contributed by atoms with Gasteiger partial charge in [0.05, 0.1) is 20.6 Å². The minimum atomic E-state index is -0.908. The maximum atomic E-state index is 13.2. The van der Waals surface area contributed by atoms with E-state index in [9.17, 15) is 14.4 Å². The minimum absolute atomic E-state index is 0.146. The van der Waals surface area contributed by atoms with Crippen molar-refractivity contribution in [1.82, 2.24) is 10.2 Å². The highest BCUT2D eigenvalue weighted by atomic mass is 16.5. The average molecular weight is 411 g/mol. The van der Waals surface area contributed by atoms with Crippen molar-refractivity contribution in [2.24, 2.45) is 0 Å². The summed E-state index contributed by atoms with van der Waals surface area (Å²) in [4.78, 5) is 39.6. The van der Waals surface area contributed by atoms with E-state index in [0.717, 1.165) is 5.56 Å². The highest BCUT2D eigenvalue weighted by Crippen LogP contribution is 2.25. The minimum Gasteiger partial charge on any atom is -0.497 e. The molecule has 0 aromatic heterocycles. The first-order valence-electron chi connectivity index (χ1n) is 9.59. The van der Waals surface area contributed by atoms with Crippen molar-refractivity contribution in [2.45, 2.75) is 19.4 Å². The van der Waals surface area contributed by atoms with Crippen molar-refractivity contribution in [1.29, 1.82) is 0 Å². The topological polar surface area (TPSA) is 97.0 Å². The Morgan fingerprint density at radius 2 is 1.73 bits per heavy atom. The summed E-state index contributed by atoms with van der Waals surface area (Å²) in [7, 11) is 2.99. The molecular weight excluding hydrogens is 386 g/mol. The molecular formula is C22H25N3O5. The number of aryl methyl sites for hydroxylation is 1. The van der Waals surface area contributed by atoms with Crippen LogP contribution in [0.3, 0.4) is 0 Å². The number of nitrogens with zero attached hydrogens (tertiary/aromatic N) is 1. The molecule has 0 radical (unpaired) electrons. The quantitative estimate of drug-likeness (QED) is 0.758. The molecule has 1 unspecified atom stereocenters. The van der Waals surface area contributed by atoms with Gasteiger partial charge >= 0.3 is 0 Å². The van der Waals surface area contributed by atoms with Crippen LogP contribution >= 0.6 is 0 Å². The van der Waals surface area contributed by atoms with Gasteiger partial charge in [0.15, 0.2) is 0 Å². The predicted molar refractivity (Wildman–Crippen MR) is 112 cm³/mol. The smallest absolute Gasteiger partial charge is 0.254 e. The van der Waals surface area contributed by atoms with Crippen molar-refractivity contribution >= 4 is 23.4 Å². The van der Waals surface area contributed by atoms with E-state index in [4.69, 9.17) is 9.47 Å². The molecule has 0 bridgehead atoms. The second kappa shape index (κ2) is 9.30.